The molecule has 0 saturated heterocycles. The van der Waals surface area contributed by atoms with Crippen LogP contribution in [0.4, 0.5) is 4.39 Å². The smallest absolute Gasteiger partial charge is 0.240 e. The van der Waals surface area contributed by atoms with Gasteiger partial charge in [0, 0.05) is 13.0 Å². The first-order valence-electron chi connectivity index (χ1n) is 7.08. The lowest BCUT2D eigenvalue weighted by molar-refractivity contribution is 0.379. The van der Waals surface area contributed by atoms with Gasteiger partial charge in [0.25, 0.3) is 0 Å². The van der Waals surface area contributed by atoms with Crippen molar-refractivity contribution in [3.8, 4) is 10.7 Å². The molecular formula is C15H14FN3O3S2. The number of halogens is 1. The number of thiophene rings is 1. The van der Waals surface area contributed by atoms with E-state index >= 15 is 0 Å². The minimum absolute atomic E-state index is 0.0196. The molecule has 2 heterocycles. The van der Waals surface area contributed by atoms with Gasteiger partial charge in [-0.25, -0.2) is 17.5 Å². The van der Waals surface area contributed by atoms with Crippen LogP contribution in [0.5, 0.6) is 0 Å². The van der Waals surface area contributed by atoms with E-state index in [1.54, 1.807) is 0 Å². The predicted octanol–water partition coefficient (Wildman–Crippen LogP) is 2.77. The number of aromatic nitrogens is 2. The minimum atomic E-state index is -3.71. The molecule has 0 aliphatic heterocycles. The zero-order chi connectivity index (χ0) is 17.2. The van der Waals surface area contributed by atoms with Crippen LogP contribution in [0.2, 0.25) is 0 Å². The van der Waals surface area contributed by atoms with E-state index < -0.39 is 15.8 Å². The van der Waals surface area contributed by atoms with Gasteiger partial charge in [0.1, 0.15) is 5.82 Å². The fourth-order valence-corrected chi connectivity index (χ4v) is 3.79. The van der Waals surface area contributed by atoms with E-state index in [9.17, 15) is 12.8 Å². The Morgan fingerprint density at radius 1 is 1.33 bits per heavy atom. The maximum Gasteiger partial charge on any atom is 0.240 e. The van der Waals surface area contributed by atoms with Crippen LogP contribution in [0, 0.1) is 12.7 Å². The Morgan fingerprint density at radius 2 is 2.17 bits per heavy atom. The highest BCUT2D eigenvalue weighted by Gasteiger charge is 2.16. The Hall–Kier alpha value is -2.10. The molecule has 0 unspecified atom stereocenters. The van der Waals surface area contributed by atoms with Gasteiger partial charge in [0.2, 0.25) is 21.7 Å². The molecule has 0 spiro atoms. The van der Waals surface area contributed by atoms with Crippen molar-refractivity contribution in [1.29, 1.82) is 0 Å². The van der Waals surface area contributed by atoms with Crippen molar-refractivity contribution in [2.24, 2.45) is 0 Å². The van der Waals surface area contributed by atoms with Crippen LogP contribution in [0.25, 0.3) is 10.7 Å². The number of hydrogen-bond donors (Lipinski definition) is 1. The highest BCUT2D eigenvalue weighted by atomic mass is 32.2. The number of hydrogen-bond acceptors (Lipinski definition) is 6. The SMILES string of the molecule is Cc1cc(S(=O)(=O)NCCc2nc(-c3cccs3)no2)ccc1F. The highest BCUT2D eigenvalue weighted by Crippen LogP contribution is 2.21. The maximum atomic E-state index is 13.2. The Kier molecular flexibility index (Phi) is 4.74. The molecule has 2 aromatic heterocycles. The molecule has 0 bridgehead atoms. The van der Waals surface area contributed by atoms with Gasteiger partial charge in [-0.15, -0.1) is 11.3 Å². The first-order chi connectivity index (χ1) is 11.5. The fourth-order valence-electron chi connectivity index (χ4n) is 2.02. The molecule has 6 nitrogen and oxygen atoms in total. The molecule has 126 valence electrons. The van der Waals surface area contributed by atoms with Crippen LogP contribution in [-0.2, 0) is 16.4 Å². The topological polar surface area (TPSA) is 85.1 Å². The Bertz CT molecular complexity index is 937. The lowest BCUT2D eigenvalue weighted by Crippen LogP contribution is -2.26. The lowest BCUT2D eigenvalue weighted by atomic mass is 10.2. The average molecular weight is 367 g/mol. The summed E-state index contributed by atoms with van der Waals surface area (Å²) in [4.78, 5) is 5.12. The van der Waals surface area contributed by atoms with E-state index in [1.165, 1.54) is 30.4 Å². The number of sulfonamides is 1. The number of benzene rings is 1. The molecule has 0 amide bonds. The standard InChI is InChI=1S/C15H14FN3O3S2/c1-10-9-11(4-5-12(10)16)24(20,21)17-7-6-14-18-15(19-22-14)13-3-2-8-23-13/h2-5,8-9,17H,6-7H2,1H3. The molecule has 3 aromatic rings. The summed E-state index contributed by atoms with van der Waals surface area (Å²) in [6, 6.07) is 7.41. The molecule has 1 N–H and O–H groups in total. The van der Waals surface area contributed by atoms with Crippen LogP contribution in [0.3, 0.4) is 0 Å². The second-order valence-corrected chi connectivity index (χ2v) is 7.76. The molecule has 0 fully saturated rings. The third-order valence-electron chi connectivity index (χ3n) is 3.28. The van der Waals surface area contributed by atoms with Gasteiger partial charge >= 0.3 is 0 Å². The van der Waals surface area contributed by atoms with Gasteiger partial charge in [-0.2, -0.15) is 4.98 Å². The van der Waals surface area contributed by atoms with Crippen LogP contribution in [0.15, 0.2) is 45.1 Å². The molecule has 24 heavy (non-hydrogen) atoms. The van der Waals surface area contributed by atoms with Crippen LogP contribution >= 0.6 is 11.3 Å². The van der Waals surface area contributed by atoms with Crippen molar-refractivity contribution in [3.05, 3.63) is 53.0 Å². The molecule has 0 radical (unpaired) electrons. The Morgan fingerprint density at radius 3 is 2.88 bits per heavy atom. The van der Waals surface area contributed by atoms with Gasteiger partial charge in [0.05, 0.1) is 9.77 Å². The summed E-state index contributed by atoms with van der Waals surface area (Å²) in [7, 11) is -3.71. The fraction of sp³-hybridized carbons (Fsp3) is 0.200. The van der Waals surface area contributed by atoms with Gasteiger partial charge in [-0.05, 0) is 42.1 Å². The monoisotopic (exact) mass is 367 g/mol. The number of nitrogens with one attached hydrogen (secondary N) is 1. The summed E-state index contributed by atoms with van der Waals surface area (Å²) >= 11 is 1.49. The first kappa shape index (κ1) is 16.7. The van der Waals surface area contributed by atoms with E-state index in [4.69, 9.17) is 4.52 Å². The van der Waals surface area contributed by atoms with E-state index in [1.807, 2.05) is 17.5 Å². The quantitative estimate of drug-likeness (QED) is 0.724. The second kappa shape index (κ2) is 6.80. The Balaban J connectivity index is 1.62. The first-order valence-corrected chi connectivity index (χ1v) is 9.44. The predicted molar refractivity (Wildman–Crippen MR) is 87.6 cm³/mol. The van der Waals surface area contributed by atoms with Crippen LogP contribution in [0.1, 0.15) is 11.5 Å². The Labute approximate surface area is 142 Å². The zero-order valence-electron chi connectivity index (χ0n) is 12.7. The molecule has 0 saturated carbocycles. The minimum Gasteiger partial charge on any atom is -0.339 e. The second-order valence-electron chi connectivity index (χ2n) is 5.05. The molecule has 0 aliphatic carbocycles. The summed E-state index contributed by atoms with van der Waals surface area (Å²) in [5.74, 6) is 0.384. The van der Waals surface area contributed by atoms with Crippen molar-refractivity contribution in [2.75, 3.05) is 6.54 Å². The maximum absolute atomic E-state index is 13.2. The molecule has 9 heteroatoms. The average Bonchev–Trinajstić information content (AvgIpc) is 3.20. The normalized spacial score (nSPS) is 11.8. The van der Waals surface area contributed by atoms with E-state index in [0.717, 1.165) is 10.9 Å². The molecule has 1 aromatic carbocycles. The molecular weight excluding hydrogens is 353 g/mol. The summed E-state index contributed by atoms with van der Waals surface area (Å²) in [6.45, 7) is 1.61. The summed E-state index contributed by atoms with van der Waals surface area (Å²) in [5.41, 5.74) is 0.273. The van der Waals surface area contributed by atoms with Crippen molar-refractivity contribution in [1.82, 2.24) is 14.9 Å². The number of nitrogens with zero attached hydrogens (tertiary/aromatic N) is 2. The van der Waals surface area contributed by atoms with E-state index in [-0.39, 0.29) is 23.4 Å². The van der Waals surface area contributed by atoms with Gasteiger partial charge in [-0.3, -0.25) is 0 Å². The zero-order valence-corrected chi connectivity index (χ0v) is 14.3. The van der Waals surface area contributed by atoms with Crippen molar-refractivity contribution in [3.63, 3.8) is 0 Å². The summed E-state index contributed by atoms with van der Waals surface area (Å²) < 4.78 is 45.1. The molecule has 0 atom stereocenters. The summed E-state index contributed by atoms with van der Waals surface area (Å²) in [5, 5.41) is 5.77. The molecule has 0 aliphatic rings. The van der Waals surface area contributed by atoms with Gasteiger partial charge in [-0.1, -0.05) is 11.2 Å². The van der Waals surface area contributed by atoms with Crippen LogP contribution in [-0.4, -0.2) is 25.1 Å². The third kappa shape index (κ3) is 3.69. The summed E-state index contributed by atoms with van der Waals surface area (Å²) in [6.07, 6.45) is 0.262. The third-order valence-corrected chi connectivity index (χ3v) is 5.60. The van der Waals surface area contributed by atoms with Crippen molar-refractivity contribution >= 4 is 21.4 Å². The number of rotatable bonds is 6. The van der Waals surface area contributed by atoms with E-state index in [2.05, 4.69) is 14.9 Å². The van der Waals surface area contributed by atoms with Crippen molar-refractivity contribution in [2.45, 2.75) is 18.2 Å². The lowest BCUT2D eigenvalue weighted by Gasteiger charge is -2.06. The largest absolute Gasteiger partial charge is 0.339 e. The number of aryl methyl sites for hydroxylation is 1. The highest BCUT2D eigenvalue weighted by molar-refractivity contribution is 7.89. The van der Waals surface area contributed by atoms with Gasteiger partial charge < -0.3 is 4.52 Å². The van der Waals surface area contributed by atoms with Crippen molar-refractivity contribution < 1.29 is 17.3 Å². The van der Waals surface area contributed by atoms with Gasteiger partial charge in [0.15, 0.2) is 0 Å². The molecule has 3 rings (SSSR count). The van der Waals surface area contributed by atoms with Crippen LogP contribution < -0.4 is 4.72 Å². The van der Waals surface area contributed by atoms with E-state index in [0.29, 0.717) is 11.7 Å².